The van der Waals surface area contributed by atoms with Crippen molar-refractivity contribution in [2.24, 2.45) is 0 Å². The first-order chi connectivity index (χ1) is 15.6. The second-order valence-electron chi connectivity index (χ2n) is 7.61. The van der Waals surface area contributed by atoms with Crippen molar-refractivity contribution in [2.45, 2.75) is 13.0 Å². The van der Waals surface area contributed by atoms with Gasteiger partial charge >= 0.3 is 6.03 Å². The molecule has 0 unspecified atom stereocenters. The highest BCUT2D eigenvalue weighted by Gasteiger charge is 2.23. The molecule has 0 bridgehead atoms. The van der Waals surface area contributed by atoms with E-state index in [1.165, 1.54) is 5.56 Å². The highest BCUT2D eigenvalue weighted by molar-refractivity contribution is 6.31. The van der Waals surface area contributed by atoms with Crippen molar-refractivity contribution in [3.05, 3.63) is 77.1 Å². The molecular formula is C24H22ClN5O2. The van der Waals surface area contributed by atoms with Gasteiger partial charge in [0.15, 0.2) is 0 Å². The number of ether oxygens (including phenoxy) is 1. The minimum atomic E-state index is -0.347. The first-order valence-corrected chi connectivity index (χ1v) is 10.7. The Hall–Kier alpha value is -3.71. The van der Waals surface area contributed by atoms with Crippen molar-refractivity contribution in [3.8, 4) is 5.75 Å². The molecule has 0 aliphatic carbocycles. The number of carbonyl (C=O) groups excluding carboxylic acids is 1. The number of urea groups is 1. The zero-order valence-corrected chi connectivity index (χ0v) is 18.2. The van der Waals surface area contributed by atoms with Crippen LogP contribution in [0.25, 0.3) is 11.0 Å². The highest BCUT2D eigenvalue weighted by atomic mass is 35.5. The van der Waals surface area contributed by atoms with Crippen LogP contribution in [0.1, 0.15) is 11.1 Å². The van der Waals surface area contributed by atoms with Crippen LogP contribution >= 0.6 is 11.6 Å². The van der Waals surface area contributed by atoms with E-state index >= 15 is 0 Å². The Balaban J connectivity index is 1.35. The highest BCUT2D eigenvalue weighted by Crippen LogP contribution is 2.35. The van der Waals surface area contributed by atoms with Gasteiger partial charge in [0.1, 0.15) is 11.4 Å². The third kappa shape index (κ3) is 3.83. The van der Waals surface area contributed by atoms with Crippen LogP contribution in [0, 0.1) is 0 Å². The lowest BCUT2D eigenvalue weighted by Crippen LogP contribution is -2.21. The molecule has 32 heavy (non-hydrogen) atoms. The van der Waals surface area contributed by atoms with E-state index in [0.717, 1.165) is 47.5 Å². The van der Waals surface area contributed by atoms with Gasteiger partial charge in [-0.05, 0) is 54.4 Å². The maximum atomic E-state index is 12.7. The normalized spacial score (nSPS) is 12.6. The molecule has 0 fully saturated rings. The number of nitrogens with zero attached hydrogens (tertiary/aromatic N) is 2. The fourth-order valence-corrected chi connectivity index (χ4v) is 4.37. The van der Waals surface area contributed by atoms with Crippen LogP contribution in [0.5, 0.6) is 5.75 Å². The SMILES string of the molecule is COc1ccc(Cl)cc1NC(=O)Nc1cccc2c1CCN2Cc1ccnc2[nH]ccc12. The van der Waals surface area contributed by atoms with Crippen LogP contribution in [-0.2, 0) is 13.0 Å². The van der Waals surface area contributed by atoms with Crippen LogP contribution in [-0.4, -0.2) is 29.7 Å². The Labute approximate surface area is 190 Å². The Bertz CT molecular complexity index is 1300. The number of amides is 2. The molecule has 1 aliphatic heterocycles. The Kier molecular flexibility index (Phi) is 5.33. The minimum absolute atomic E-state index is 0.347. The summed E-state index contributed by atoms with van der Waals surface area (Å²) in [6.07, 6.45) is 4.60. The molecule has 7 nitrogen and oxygen atoms in total. The predicted octanol–water partition coefficient (Wildman–Crippen LogP) is 5.43. The van der Waals surface area contributed by atoms with E-state index < -0.39 is 0 Å². The predicted molar refractivity (Wildman–Crippen MR) is 128 cm³/mol. The third-order valence-electron chi connectivity index (χ3n) is 5.69. The van der Waals surface area contributed by atoms with E-state index in [1.807, 2.05) is 24.5 Å². The zero-order chi connectivity index (χ0) is 22.1. The molecule has 162 valence electrons. The minimum Gasteiger partial charge on any atom is -0.495 e. The largest absolute Gasteiger partial charge is 0.495 e. The number of benzene rings is 2. The molecule has 0 atom stereocenters. The van der Waals surface area contributed by atoms with E-state index in [2.05, 4.69) is 43.7 Å². The summed E-state index contributed by atoms with van der Waals surface area (Å²) < 4.78 is 5.31. The number of aromatic nitrogens is 2. The van der Waals surface area contributed by atoms with Crippen molar-refractivity contribution >= 4 is 45.7 Å². The van der Waals surface area contributed by atoms with Crippen molar-refractivity contribution < 1.29 is 9.53 Å². The Morgan fingerprint density at radius 1 is 1.19 bits per heavy atom. The summed E-state index contributed by atoms with van der Waals surface area (Å²) >= 11 is 6.07. The van der Waals surface area contributed by atoms with E-state index in [0.29, 0.717) is 16.5 Å². The molecule has 4 aromatic rings. The van der Waals surface area contributed by atoms with E-state index in [1.54, 1.807) is 25.3 Å². The van der Waals surface area contributed by atoms with Gasteiger partial charge in [0.2, 0.25) is 0 Å². The van der Waals surface area contributed by atoms with Crippen LogP contribution in [0.4, 0.5) is 21.9 Å². The number of hydrogen-bond donors (Lipinski definition) is 3. The van der Waals surface area contributed by atoms with Gasteiger partial charge < -0.3 is 25.3 Å². The molecule has 3 N–H and O–H groups in total. The van der Waals surface area contributed by atoms with Gasteiger partial charge in [-0.2, -0.15) is 0 Å². The van der Waals surface area contributed by atoms with Crippen molar-refractivity contribution in [1.82, 2.24) is 9.97 Å². The molecule has 2 aromatic carbocycles. The number of anilines is 3. The fourth-order valence-electron chi connectivity index (χ4n) is 4.20. The van der Waals surface area contributed by atoms with E-state index in [9.17, 15) is 4.79 Å². The molecule has 2 amide bonds. The number of fused-ring (bicyclic) bond motifs is 2. The lowest BCUT2D eigenvalue weighted by Gasteiger charge is -2.20. The molecule has 8 heteroatoms. The van der Waals surface area contributed by atoms with Gasteiger partial charge in [0, 0.05) is 52.8 Å². The topological polar surface area (TPSA) is 82.3 Å². The molecule has 3 heterocycles. The second kappa shape index (κ2) is 8.43. The molecule has 0 saturated heterocycles. The third-order valence-corrected chi connectivity index (χ3v) is 5.93. The maximum absolute atomic E-state index is 12.7. The van der Waals surface area contributed by atoms with Crippen molar-refractivity contribution in [1.29, 1.82) is 0 Å². The summed E-state index contributed by atoms with van der Waals surface area (Å²) in [6.45, 7) is 1.66. The Morgan fingerprint density at radius 3 is 2.94 bits per heavy atom. The summed E-state index contributed by atoms with van der Waals surface area (Å²) in [4.78, 5) is 22.6. The van der Waals surface area contributed by atoms with Gasteiger partial charge in [-0.25, -0.2) is 9.78 Å². The molecule has 0 spiro atoms. The fraction of sp³-hybridized carbons (Fsp3) is 0.167. The summed E-state index contributed by atoms with van der Waals surface area (Å²) in [6, 6.07) is 14.8. The number of H-pyrrole nitrogens is 1. The average Bonchev–Trinajstić information content (AvgIpc) is 3.42. The molecular weight excluding hydrogens is 426 g/mol. The van der Waals surface area contributed by atoms with Gasteiger partial charge in [0.25, 0.3) is 0 Å². The number of carbonyl (C=O) groups is 1. The van der Waals surface area contributed by atoms with Crippen LogP contribution < -0.4 is 20.3 Å². The monoisotopic (exact) mass is 447 g/mol. The number of halogens is 1. The summed E-state index contributed by atoms with van der Waals surface area (Å²) in [5.41, 5.74) is 5.67. The summed E-state index contributed by atoms with van der Waals surface area (Å²) in [5.74, 6) is 0.544. The number of aromatic amines is 1. The lowest BCUT2D eigenvalue weighted by atomic mass is 10.1. The number of hydrogen-bond acceptors (Lipinski definition) is 4. The summed E-state index contributed by atoms with van der Waals surface area (Å²) in [5, 5.41) is 7.46. The zero-order valence-electron chi connectivity index (χ0n) is 17.5. The number of pyridine rings is 1. The lowest BCUT2D eigenvalue weighted by molar-refractivity contribution is 0.262. The quantitative estimate of drug-likeness (QED) is 0.381. The van der Waals surface area contributed by atoms with E-state index in [4.69, 9.17) is 16.3 Å². The van der Waals surface area contributed by atoms with Crippen LogP contribution in [0.2, 0.25) is 5.02 Å². The molecule has 0 saturated carbocycles. The maximum Gasteiger partial charge on any atom is 0.323 e. The van der Waals surface area contributed by atoms with Crippen LogP contribution in [0.15, 0.2) is 60.9 Å². The van der Waals surface area contributed by atoms with Crippen molar-refractivity contribution in [3.63, 3.8) is 0 Å². The number of rotatable bonds is 5. The second-order valence-corrected chi connectivity index (χ2v) is 8.05. The van der Waals surface area contributed by atoms with Gasteiger partial charge in [-0.1, -0.05) is 17.7 Å². The first-order valence-electron chi connectivity index (χ1n) is 10.3. The van der Waals surface area contributed by atoms with Gasteiger partial charge in [-0.15, -0.1) is 0 Å². The number of methoxy groups -OCH3 is 1. The van der Waals surface area contributed by atoms with E-state index in [-0.39, 0.29) is 6.03 Å². The van der Waals surface area contributed by atoms with Gasteiger partial charge in [-0.3, -0.25) is 0 Å². The molecule has 5 rings (SSSR count). The standard InChI is InChI=1S/C24H22ClN5O2/c1-32-22-6-5-16(25)13-20(22)29-24(31)28-19-3-2-4-21-18(19)9-12-30(21)14-15-7-10-26-23-17(15)8-11-27-23/h2-8,10-11,13H,9,12,14H2,1H3,(H,26,27)(H2,28,29,31). The number of nitrogens with one attached hydrogen (secondary N) is 3. The first kappa shape index (κ1) is 20.2. The van der Waals surface area contributed by atoms with Crippen LogP contribution in [0.3, 0.4) is 0 Å². The average molecular weight is 448 g/mol. The summed E-state index contributed by atoms with van der Waals surface area (Å²) in [7, 11) is 1.55. The smallest absolute Gasteiger partial charge is 0.323 e. The van der Waals surface area contributed by atoms with Gasteiger partial charge in [0.05, 0.1) is 12.8 Å². The Morgan fingerprint density at radius 2 is 2.06 bits per heavy atom. The van der Waals surface area contributed by atoms with Crippen molar-refractivity contribution in [2.75, 3.05) is 29.2 Å². The molecule has 2 aromatic heterocycles. The molecule has 0 radical (unpaired) electrons. The molecule has 1 aliphatic rings.